The largest absolute Gasteiger partial charge is 0.465 e. The van der Waals surface area contributed by atoms with E-state index in [4.69, 9.17) is 13.6 Å². The minimum atomic E-state index is -1.91. The van der Waals surface area contributed by atoms with E-state index in [0.717, 1.165) is 25.7 Å². The summed E-state index contributed by atoms with van der Waals surface area (Å²) in [6.07, 6.45) is 9.93. The van der Waals surface area contributed by atoms with Crippen molar-refractivity contribution in [2.75, 3.05) is 6.61 Å². The molecule has 0 rings (SSSR count). The second kappa shape index (κ2) is 13.0. The molecule has 0 N–H and O–H groups in total. The van der Waals surface area contributed by atoms with Gasteiger partial charge in [-0.15, -0.1) is 6.58 Å². The molecule has 0 aliphatic carbocycles. The molecular formula is C28H56O4Si2. The molecule has 34 heavy (non-hydrogen) atoms. The van der Waals surface area contributed by atoms with Crippen molar-refractivity contribution in [1.82, 2.24) is 0 Å². The number of hydrogen-bond donors (Lipinski definition) is 0. The van der Waals surface area contributed by atoms with Crippen LogP contribution < -0.4 is 0 Å². The van der Waals surface area contributed by atoms with Crippen molar-refractivity contribution in [3.05, 3.63) is 24.8 Å². The van der Waals surface area contributed by atoms with Crippen LogP contribution in [0.3, 0.4) is 0 Å². The quantitative estimate of drug-likeness (QED) is 0.107. The minimum absolute atomic E-state index is 0.0162. The first-order valence-electron chi connectivity index (χ1n) is 13.0. The van der Waals surface area contributed by atoms with Gasteiger partial charge >= 0.3 is 5.97 Å². The van der Waals surface area contributed by atoms with Gasteiger partial charge in [-0.25, -0.2) is 0 Å². The molecule has 0 saturated carbocycles. The molecule has 0 heterocycles. The molecule has 0 amide bonds. The first-order valence-corrected chi connectivity index (χ1v) is 18.8. The minimum Gasteiger partial charge on any atom is -0.465 e. The van der Waals surface area contributed by atoms with Gasteiger partial charge < -0.3 is 13.6 Å². The van der Waals surface area contributed by atoms with Crippen molar-refractivity contribution in [3.8, 4) is 0 Å². The number of ether oxygens (including phenoxy) is 1. The molecule has 0 bridgehead atoms. The van der Waals surface area contributed by atoms with Crippen molar-refractivity contribution in [1.29, 1.82) is 0 Å². The summed E-state index contributed by atoms with van der Waals surface area (Å²) >= 11 is 0. The zero-order valence-corrected chi connectivity index (χ0v) is 26.8. The van der Waals surface area contributed by atoms with Crippen LogP contribution in [-0.2, 0) is 18.4 Å². The van der Waals surface area contributed by atoms with Crippen LogP contribution in [0.5, 0.6) is 0 Å². The van der Waals surface area contributed by atoms with Gasteiger partial charge in [0.05, 0.1) is 24.2 Å². The molecule has 2 atom stereocenters. The molecule has 0 radical (unpaired) electrons. The maximum absolute atomic E-state index is 12.0. The third-order valence-corrected chi connectivity index (χ3v) is 16.2. The molecular weight excluding hydrogens is 456 g/mol. The third-order valence-electron chi connectivity index (χ3n) is 7.21. The van der Waals surface area contributed by atoms with Gasteiger partial charge in [-0.1, -0.05) is 59.8 Å². The maximum atomic E-state index is 12.0. The molecule has 0 aromatic heterocycles. The number of carbonyl (C=O) groups excluding carboxylic acids is 1. The molecule has 0 saturated heterocycles. The summed E-state index contributed by atoms with van der Waals surface area (Å²) in [5.41, 5.74) is -0.453. The van der Waals surface area contributed by atoms with Crippen molar-refractivity contribution >= 4 is 22.6 Å². The Kier molecular flexibility index (Phi) is 12.8. The highest BCUT2D eigenvalue weighted by molar-refractivity contribution is 6.74. The van der Waals surface area contributed by atoms with Gasteiger partial charge in [0.1, 0.15) is 0 Å². The Balaban J connectivity index is 5.14. The van der Waals surface area contributed by atoms with Gasteiger partial charge in [-0.2, -0.15) is 0 Å². The Labute approximate surface area is 214 Å². The predicted octanol–water partition coefficient (Wildman–Crippen LogP) is 8.66. The average molecular weight is 513 g/mol. The lowest BCUT2D eigenvalue weighted by Crippen LogP contribution is -2.43. The zero-order valence-electron chi connectivity index (χ0n) is 24.8. The molecule has 0 aliphatic rings. The van der Waals surface area contributed by atoms with Crippen LogP contribution in [0, 0.1) is 5.41 Å². The van der Waals surface area contributed by atoms with Crippen LogP contribution in [0.1, 0.15) is 88.0 Å². The molecule has 0 aliphatic heterocycles. The van der Waals surface area contributed by atoms with Crippen LogP contribution in [0.4, 0.5) is 0 Å². The van der Waals surface area contributed by atoms with E-state index in [9.17, 15) is 4.79 Å². The van der Waals surface area contributed by atoms with Crippen molar-refractivity contribution in [2.24, 2.45) is 5.41 Å². The summed E-state index contributed by atoms with van der Waals surface area (Å²) in [4.78, 5) is 12.0. The highest BCUT2D eigenvalue weighted by Crippen LogP contribution is 2.39. The predicted molar refractivity (Wildman–Crippen MR) is 152 cm³/mol. The molecule has 6 heteroatoms. The van der Waals surface area contributed by atoms with Crippen molar-refractivity contribution in [3.63, 3.8) is 0 Å². The van der Waals surface area contributed by atoms with E-state index in [0.29, 0.717) is 6.61 Å². The number of carbonyl (C=O) groups is 1. The molecule has 4 nitrogen and oxygen atoms in total. The number of hydrogen-bond acceptors (Lipinski definition) is 4. The van der Waals surface area contributed by atoms with E-state index in [2.05, 4.69) is 86.5 Å². The van der Waals surface area contributed by atoms with Gasteiger partial charge in [0, 0.05) is 0 Å². The number of unbranched alkanes of at least 4 members (excludes halogenated alkanes) is 1. The Morgan fingerprint density at radius 2 is 1.29 bits per heavy atom. The third kappa shape index (κ3) is 11.8. The van der Waals surface area contributed by atoms with Gasteiger partial charge in [0.15, 0.2) is 16.6 Å². The van der Waals surface area contributed by atoms with Gasteiger partial charge in [0.2, 0.25) is 0 Å². The van der Waals surface area contributed by atoms with E-state index in [-0.39, 0.29) is 28.3 Å². The monoisotopic (exact) mass is 512 g/mol. The summed E-state index contributed by atoms with van der Waals surface area (Å²) in [5.74, 6) is -0.140. The van der Waals surface area contributed by atoms with E-state index in [1.165, 1.54) is 0 Å². The molecule has 0 fully saturated rings. The molecule has 0 spiro atoms. The lowest BCUT2D eigenvalue weighted by molar-refractivity contribution is -0.153. The number of esters is 1. The molecule has 0 aromatic carbocycles. The summed E-state index contributed by atoms with van der Waals surface area (Å²) < 4.78 is 18.7. The number of rotatable bonds is 13. The fraction of sp³-hybridized carbons (Fsp3) is 0.821. The van der Waals surface area contributed by atoms with Crippen LogP contribution in [-0.4, -0.2) is 41.4 Å². The van der Waals surface area contributed by atoms with Crippen LogP contribution in [0.25, 0.3) is 0 Å². The van der Waals surface area contributed by atoms with Crippen molar-refractivity contribution < 1.29 is 18.4 Å². The maximum Gasteiger partial charge on any atom is 0.311 e. The summed E-state index contributed by atoms with van der Waals surface area (Å²) in [7, 11) is -3.76. The van der Waals surface area contributed by atoms with E-state index in [1.54, 1.807) is 0 Å². The standard InChI is InChI=1S/C28H56O4Si2/c1-15-23(31-33(11,12)27(5,6)7)20-18-21-24(32-34(13,14)28(8,9)10)19-16-17-22-30-25(29)26(2,3)4/h15,18,21,23-24H,1,16-17,19-20,22H2,2-14H3/b21-18+/t23-,24+/m0/s1. The van der Waals surface area contributed by atoms with E-state index < -0.39 is 22.0 Å². The topological polar surface area (TPSA) is 44.8 Å². The van der Waals surface area contributed by atoms with Crippen LogP contribution >= 0.6 is 0 Å². The zero-order chi connectivity index (χ0) is 27.0. The van der Waals surface area contributed by atoms with Gasteiger partial charge in [0.25, 0.3) is 0 Å². The SMILES string of the molecule is C=C[C@@H](C/C=C/[C@@H](CCCCOC(=O)C(C)(C)C)O[Si](C)(C)C(C)(C)C)O[Si](C)(C)C(C)(C)C. The highest BCUT2D eigenvalue weighted by Gasteiger charge is 2.39. The Bertz CT molecular complexity index is 661. The normalized spacial score (nSPS) is 15.9. The Hall–Kier alpha value is -0.696. The van der Waals surface area contributed by atoms with Gasteiger partial charge in [-0.05, 0) is 82.7 Å². The lowest BCUT2D eigenvalue weighted by Gasteiger charge is -2.39. The van der Waals surface area contributed by atoms with Crippen LogP contribution in [0.2, 0.25) is 36.3 Å². The first kappa shape index (κ1) is 33.3. The summed E-state index contributed by atoms with van der Waals surface area (Å²) in [6, 6.07) is 0. The second-order valence-electron chi connectivity index (χ2n) is 13.6. The van der Waals surface area contributed by atoms with Crippen molar-refractivity contribution in [2.45, 2.75) is 136 Å². The lowest BCUT2D eigenvalue weighted by atomic mass is 9.97. The average Bonchev–Trinajstić information content (AvgIpc) is 2.63. The molecule has 200 valence electrons. The fourth-order valence-electron chi connectivity index (χ4n) is 2.69. The first-order chi connectivity index (χ1) is 15.1. The summed E-state index contributed by atoms with van der Waals surface area (Å²) in [5, 5.41) is 0.318. The molecule has 0 aromatic rings. The Morgan fingerprint density at radius 3 is 1.71 bits per heavy atom. The van der Waals surface area contributed by atoms with E-state index in [1.807, 2.05) is 26.8 Å². The molecule has 0 unspecified atom stereocenters. The van der Waals surface area contributed by atoms with E-state index >= 15 is 0 Å². The fourth-order valence-corrected chi connectivity index (χ4v) is 5.30. The van der Waals surface area contributed by atoms with Crippen LogP contribution in [0.15, 0.2) is 24.8 Å². The smallest absolute Gasteiger partial charge is 0.311 e. The second-order valence-corrected chi connectivity index (χ2v) is 23.1. The van der Waals surface area contributed by atoms with Gasteiger partial charge in [-0.3, -0.25) is 4.79 Å². The Morgan fingerprint density at radius 1 is 0.824 bits per heavy atom. The summed E-state index contributed by atoms with van der Waals surface area (Å²) in [6.45, 7) is 32.9. The highest BCUT2D eigenvalue weighted by atomic mass is 28.4.